The first-order valence-corrected chi connectivity index (χ1v) is 11.0. The van der Waals surface area contributed by atoms with E-state index in [0.29, 0.717) is 12.8 Å². The molecule has 0 bridgehead atoms. The van der Waals surface area contributed by atoms with Crippen LogP contribution in [0.25, 0.3) is 11.1 Å². The number of primary amides is 1. The van der Waals surface area contributed by atoms with Crippen LogP contribution in [0.2, 0.25) is 0 Å². The van der Waals surface area contributed by atoms with Crippen LogP contribution in [0.15, 0.2) is 67.0 Å². The van der Waals surface area contributed by atoms with Crippen LogP contribution >= 0.6 is 0 Å². The first-order chi connectivity index (χ1) is 16.0. The number of hydrogen-bond donors (Lipinski definition) is 3. The van der Waals surface area contributed by atoms with E-state index in [-0.39, 0.29) is 36.7 Å². The van der Waals surface area contributed by atoms with E-state index >= 15 is 0 Å². The Hall–Kier alpha value is -3.94. The Morgan fingerprint density at radius 2 is 1.76 bits per heavy atom. The van der Waals surface area contributed by atoms with Crippen LogP contribution in [-0.2, 0) is 9.53 Å². The fourth-order valence-electron chi connectivity index (χ4n) is 4.52. The number of ether oxygens (including phenoxy) is 1. The maximum absolute atomic E-state index is 12.3. The van der Waals surface area contributed by atoms with Gasteiger partial charge >= 0.3 is 6.09 Å². The van der Waals surface area contributed by atoms with Gasteiger partial charge in [-0.25, -0.2) is 9.48 Å². The van der Waals surface area contributed by atoms with Gasteiger partial charge in [0.15, 0.2) is 0 Å². The van der Waals surface area contributed by atoms with Crippen LogP contribution < -0.4 is 11.1 Å². The van der Waals surface area contributed by atoms with Gasteiger partial charge in [-0.3, -0.25) is 15.5 Å². The number of carbonyl (C=O) groups excluding carboxylic acids is 2. The van der Waals surface area contributed by atoms with E-state index < -0.39 is 6.09 Å². The van der Waals surface area contributed by atoms with Crippen molar-refractivity contribution in [1.82, 2.24) is 15.1 Å². The van der Waals surface area contributed by atoms with E-state index in [4.69, 9.17) is 15.9 Å². The average molecular weight is 446 g/mol. The monoisotopic (exact) mass is 445 g/mol. The highest BCUT2D eigenvalue weighted by molar-refractivity contribution is 5.96. The summed E-state index contributed by atoms with van der Waals surface area (Å²) in [5, 5.41) is 14.4. The van der Waals surface area contributed by atoms with Crippen molar-refractivity contribution in [3.8, 4) is 11.1 Å². The molecule has 1 aromatic heterocycles. The average Bonchev–Trinajstić information content (AvgIpc) is 3.45. The molecule has 1 aliphatic carbocycles. The number of benzene rings is 2. The molecular formula is C25H27N5O3. The van der Waals surface area contributed by atoms with Gasteiger partial charge in [-0.15, -0.1) is 0 Å². The SMILES string of the molecule is N=C(NC(=O)CCCC(COC(N)=O)CC1c2ccccc2-c2ccccc21)n1cccn1. The molecule has 0 saturated carbocycles. The maximum Gasteiger partial charge on any atom is 0.404 e. The van der Waals surface area contributed by atoms with Crippen molar-refractivity contribution in [2.75, 3.05) is 6.61 Å². The fraction of sp³-hybridized carbons (Fsp3) is 0.280. The molecule has 0 aliphatic heterocycles. The van der Waals surface area contributed by atoms with Crippen molar-refractivity contribution in [2.45, 2.75) is 31.6 Å². The summed E-state index contributed by atoms with van der Waals surface area (Å²) in [4.78, 5) is 23.5. The lowest BCUT2D eigenvalue weighted by atomic mass is 9.85. The van der Waals surface area contributed by atoms with E-state index in [2.05, 4.69) is 34.7 Å². The third kappa shape index (κ3) is 5.28. The summed E-state index contributed by atoms with van der Waals surface area (Å²) >= 11 is 0. The summed E-state index contributed by atoms with van der Waals surface area (Å²) in [6, 6.07) is 18.5. The van der Waals surface area contributed by atoms with Gasteiger partial charge in [0.25, 0.3) is 0 Å². The summed E-state index contributed by atoms with van der Waals surface area (Å²) < 4.78 is 6.44. The number of nitrogens with zero attached hydrogens (tertiary/aromatic N) is 2. The second kappa shape index (κ2) is 10.1. The Morgan fingerprint density at radius 1 is 1.09 bits per heavy atom. The number of fused-ring (bicyclic) bond motifs is 3. The summed E-state index contributed by atoms with van der Waals surface area (Å²) in [5.41, 5.74) is 10.2. The van der Waals surface area contributed by atoms with Gasteiger partial charge in [-0.1, -0.05) is 48.5 Å². The quantitative estimate of drug-likeness (QED) is 0.360. The van der Waals surface area contributed by atoms with Crippen LogP contribution in [0.5, 0.6) is 0 Å². The van der Waals surface area contributed by atoms with E-state index in [9.17, 15) is 9.59 Å². The van der Waals surface area contributed by atoms with Crippen molar-refractivity contribution in [3.05, 3.63) is 78.1 Å². The van der Waals surface area contributed by atoms with Crippen molar-refractivity contribution in [3.63, 3.8) is 0 Å². The maximum atomic E-state index is 12.3. The zero-order chi connectivity index (χ0) is 23.2. The van der Waals surface area contributed by atoms with Crippen molar-refractivity contribution >= 4 is 18.0 Å². The van der Waals surface area contributed by atoms with E-state index in [1.807, 2.05) is 24.3 Å². The zero-order valence-electron chi connectivity index (χ0n) is 18.2. The van der Waals surface area contributed by atoms with E-state index in [1.54, 1.807) is 18.5 Å². The Morgan fingerprint density at radius 3 is 2.36 bits per heavy atom. The van der Waals surface area contributed by atoms with Crippen LogP contribution in [-0.4, -0.2) is 34.3 Å². The highest BCUT2D eigenvalue weighted by atomic mass is 16.5. The highest BCUT2D eigenvalue weighted by Crippen LogP contribution is 2.47. The molecular weight excluding hydrogens is 418 g/mol. The largest absolute Gasteiger partial charge is 0.449 e. The standard InChI is InChI=1S/C25H27N5O3/c26-24(30-14-6-13-28-30)29-23(31)12-5-7-17(16-33-25(27)32)15-22-20-10-3-1-8-18(20)19-9-2-4-11-21(19)22/h1-4,6,8-11,13-14,17,22H,5,7,12,15-16H2,(H2,27,32)(H2,26,29,31). The van der Waals surface area contributed by atoms with Gasteiger partial charge in [-0.05, 0) is 53.5 Å². The topological polar surface area (TPSA) is 123 Å². The van der Waals surface area contributed by atoms with Gasteiger partial charge in [-0.2, -0.15) is 5.10 Å². The minimum absolute atomic E-state index is 0.0417. The van der Waals surface area contributed by atoms with Crippen molar-refractivity contribution in [1.29, 1.82) is 5.41 Å². The van der Waals surface area contributed by atoms with Crippen LogP contribution in [0.4, 0.5) is 4.79 Å². The molecule has 1 heterocycles. The predicted molar refractivity (Wildman–Crippen MR) is 125 cm³/mol. The molecule has 8 heteroatoms. The molecule has 1 atom stereocenters. The van der Waals surface area contributed by atoms with Gasteiger partial charge in [0.1, 0.15) is 0 Å². The van der Waals surface area contributed by atoms with Crippen molar-refractivity contribution in [2.24, 2.45) is 11.7 Å². The lowest BCUT2D eigenvalue weighted by Crippen LogP contribution is -2.35. The number of rotatable bonds is 8. The number of nitrogens with two attached hydrogens (primary N) is 1. The third-order valence-corrected chi connectivity index (χ3v) is 6.00. The minimum Gasteiger partial charge on any atom is -0.449 e. The number of hydrogen-bond acceptors (Lipinski definition) is 5. The highest BCUT2D eigenvalue weighted by Gasteiger charge is 2.30. The normalized spacial score (nSPS) is 13.1. The lowest BCUT2D eigenvalue weighted by Gasteiger charge is -2.22. The molecule has 2 amide bonds. The van der Waals surface area contributed by atoms with E-state index in [1.165, 1.54) is 26.9 Å². The molecule has 170 valence electrons. The molecule has 2 aromatic carbocycles. The molecule has 0 spiro atoms. The van der Waals surface area contributed by atoms with Crippen molar-refractivity contribution < 1.29 is 14.3 Å². The number of amides is 2. The van der Waals surface area contributed by atoms with Gasteiger partial charge in [0.2, 0.25) is 11.9 Å². The zero-order valence-corrected chi connectivity index (χ0v) is 18.2. The summed E-state index contributed by atoms with van der Waals surface area (Å²) in [5.74, 6) is -0.0971. The van der Waals surface area contributed by atoms with Gasteiger partial charge in [0.05, 0.1) is 6.61 Å². The first-order valence-electron chi connectivity index (χ1n) is 11.0. The Labute approximate surface area is 192 Å². The molecule has 0 saturated heterocycles. The smallest absolute Gasteiger partial charge is 0.404 e. The Bertz CT molecular complexity index is 1100. The molecule has 1 aliphatic rings. The molecule has 8 nitrogen and oxygen atoms in total. The second-order valence-electron chi connectivity index (χ2n) is 8.20. The third-order valence-electron chi connectivity index (χ3n) is 6.00. The predicted octanol–water partition coefficient (Wildman–Crippen LogP) is 3.87. The number of carbonyl (C=O) groups is 2. The molecule has 0 radical (unpaired) electrons. The molecule has 33 heavy (non-hydrogen) atoms. The first kappa shape index (κ1) is 22.3. The van der Waals surface area contributed by atoms with E-state index in [0.717, 1.165) is 6.42 Å². The summed E-state index contributed by atoms with van der Waals surface area (Å²) in [7, 11) is 0. The molecule has 3 aromatic rings. The van der Waals surface area contributed by atoms with Crippen LogP contribution in [0, 0.1) is 11.3 Å². The molecule has 4 N–H and O–H groups in total. The van der Waals surface area contributed by atoms with Crippen LogP contribution in [0.1, 0.15) is 42.7 Å². The van der Waals surface area contributed by atoms with Crippen LogP contribution in [0.3, 0.4) is 0 Å². The molecule has 0 fully saturated rings. The molecule has 1 unspecified atom stereocenters. The van der Waals surface area contributed by atoms with Gasteiger partial charge < -0.3 is 10.5 Å². The summed E-state index contributed by atoms with van der Waals surface area (Å²) in [6.45, 7) is 0.209. The lowest BCUT2D eigenvalue weighted by molar-refractivity contribution is -0.119. The number of aromatic nitrogens is 2. The summed E-state index contributed by atoms with van der Waals surface area (Å²) in [6.07, 6.45) is 4.68. The number of nitrogens with one attached hydrogen (secondary N) is 2. The Balaban J connectivity index is 1.40. The second-order valence-corrected chi connectivity index (χ2v) is 8.20. The Kier molecular flexibility index (Phi) is 6.83. The minimum atomic E-state index is -0.794. The molecule has 4 rings (SSSR count). The fourth-order valence-corrected chi connectivity index (χ4v) is 4.52. The van der Waals surface area contributed by atoms with Gasteiger partial charge in [0, 0.05) is 24.7 Å².